The van der Waals surface area contributed by atoms with E-state index in [2.05, 4.69) is 0 Å². The van der Waals surface area contributed by atoms with Crippen LogP contribution in [-0.2, 0) is 11.2 Å². The molecule has 1 aromatic carbocycles. The lowest BCUT2D eigenvalue weighted by Gasteiger charge is -2.15. The normalized spacial score (nSPS) is 11.7. The van der Waals surface area contributed by atoms with Gasteiger partial charge in [0.05, 0.1) is 4.92 Å². The Labute approximate surface area is 110 Å². The predicted molar refractivity (Wildman–Crippen MR) is 69.5 cm³/mol. The second kappa shape index (κ2) is 6.69. The Morgan fingerprint density at radius 1 is 1.53 bits per heavy atom. The quantitative estimate of drug-likeness (QED) is 0.349. The van der Waals surface area contributed by atoms with Gasteiger partial charge >= 0.3 is 5.69 Å². The number of aryl methyl sites for hydroxylation is 1. The molecule has 0 aromatic heterocycles. The molecule has 1 unspecified atom stereocenters. The topological polar surface area (TPSA) is 107 Å². The number of hydrogen-bond acceptors (Lipinski definition) is 5. The Hall–Kier alpha value is -2.15. The van der Waals surface area contributed by atoms with Crippen molar-refractivity contribution >= 4 is 11.6 Å². The molecule has 7 heteroatoms. The van der Waals surface area contributed by atoms with Crippen molar-refractivity contribution in [2.75, 3.05) is 0 Å². The number of nitro groups is 1. The van der Waals surface area contributed by atoms with E-state index in [-0.39, 0.29) is 11.4 Å². The fourth-order valence-electron chi connectivity index (χ4n) is 1.59. The highest BCUT2D eigenvalue weighted by Crippen LogP contribution is 2.29. The van der Waals surface area contributed by atoms with Gasteiger partial charge in [0.1, 0.15) is 0 Å². The summed E-state index contributed by atoms with van der Waals surface area (Å²) in [6, 6.07) is 4.68. The third-order valence-electron chi connectivity index (χ3n) is 2.70. The van der Waals surface area contributed by atoms with Gasteiger partial charge in [-0.1, -0.05) is 19.9 Å². The Kier molecular flexibility index (Phi) is 5.25. The lowest BCUT2D eigenvalue weighted by Crippen LogP contribution is -2.41. The molecule has 0 aliphatic rings. The lowest BCUT2D eigenvalue weighted by molar-refractivity contribution is -0.386. The number of carbonyl (C=O) groups excluding carboxylic acids is 1. The smallest absolute Gasteiger partial charge is 0.311 e. The van der Waals surface area contributed by atoms with Gasteiger partial charge in [0.15, 0.2) is 11.9 Å². The summed E-state index contributed by atoms with van der Waals surface area (Å²) in [7, 11) is 0. The molecule has 0 heterocycles. The number of rotatable bonds is 6. The highest BCUT2D eigenvalue weighted by molar-refractivity contribution is 5.80. The first-order valence-corrected chi connectivity index (χ1v) is 5.97. The SMILES string of the molecule is CCc1ccc(OC(CC)C(=O)NN)c([N+](=O)[O-])c1. The van der Waals surface area contributed by atoms with E-state index in [9.17, 15) is 14.9 Å². The number of ether oxygens (including phenoxy) is 1. The van der Waals surface area contributed by atoms with E-state index in [0.717, 1.165) is 5.56 Å². The van der Waals surface area contributed by atoms with Gasteiger partial charge in [0.2, 0.25) is 0 Å². The largest absolute Gasteiger partial charge is 0.473 e. The Bertz CT molecular complexity index is 476. The molecule has 0 saturated heterocycles. The van der Waals surface area contributed by atoms with Gasteiger partial charge in [-0.15, -0.1) is 0 Å². The highest BCUT2D eigenvalue weighted by atomic mass is 16.6. The van der Waals surface area contributed by atoms with Crippen LogP contribution in [0.25, 0.3) is 0 Å². The standard InChI is InChI=1S/C12H17N3O4/c1-3-8-5-6-11(9(7-8)15(17)18)19-10(4-2)12(16)14-13/h5-7,10H,3-4,13H2,1-2H3,(H,14,16). The summed E-state index contributed by atoms with van der Waals surface area (Å²) < 4.78 is 5.37. The molecule has 0 bridgehead atoms. The minimum atomic E-state index is -0.851. The average Bonchev–Trinajstić information content (AvgIpc) is 2.43. The fraction of sp³-hybridized carbons (Fsp3) is 0.417. The third-order valence-corrected chi connectivity index (χ3v) is 2.70. The Morgan fingerprint density at radius 3 is 2.68 bits per heavy atom. The van der Waals surface area contributed by atoms with Gasteiger partial charge in [0, 0.05) is 6.07 Å². The van der Waals surface area contributed by atoms with Crippen molar-refractivity contribution in [1.82, 2.24) is 5.43 Å². The van der Waals surface area contributed by atoms with Crippen molar-refractivity contribution < 1.29 is 14.5 Å². The van der Waals surface area contributed by atoms with Crippen LogP contribution in [0.15, 0.2) is 18.2 Å². The molecular weight excluding hydrogens is 250 g/mol. The van der Waals surface area contributed by atoms with Crippen LogP contribution in [0.1, 0.15) is 25.8 Å². The Balaban J connectivity index is 3.05. The van der Waals surface area contributed by atoms with Crippen LogP contribution >= 0.6 is 0 Å². The first-order chi connectivity index (χ1) is 9.03. The highest BCUT2D eigenvalue weighted by Gasteiger charge is 2.22. The monoisotopic (exact) mass is 267 g/mol. The maximum atomic E-state index is 11.4. The minimum Gasteiger partial charge on any atom is -0.473 e. The van der Waals surface area contributed by atoms with Gasteiger partial charge in [-0.25, -0.2) is 5.84 Å². The molecule has 3 N–H and O–H groups in total. The zero-order valence-electron chi connectivity index (χ0n) is 10.9. The maximum absolute atomic E-state index is 11.4. The second-order valence-corrected chi connectivity index (χ2v) is 3.94. The zero-order chi connectivity index (χ0) is 14.4. The van der Waals surface area contributed by atoms with Crippen molar-refractivity contribution in [1.29, 1.82) is 0 Å². The predicted octanol–water partition coefficient (Wildman–Crippen LogP) is 1.30. The van der Waals surface area contributed by atoms with E-state index in [0.29, 0.717) is 12.8 Å². The molecule has 1 rings (SSSR count). The summed E-state index contributed by atoms with van der Waals surface area (Å²) in [6.45, 7) is 3.63. The van der Waals surface area contributed by atoms with Crippen LogP contribution in [0.5, 0.6) is 5.75 Å². The number of nitrogens with one attached hydrogen (secondary N) is 1. The van der Waals surface area contributed by atoms with Gasteiger partial charge < -0.3 is 4.74 Å². The molecule has 0 aliphatic heterocycles. The number of hydrogen-bond donors (Lipinski definition) is 2. The van der Waals surface area contributed by atoms with Crippen molar-refractivity contribution in [2.24, 2.45) is 5.84 Å². The second-order valence-electron chi connectivity index (χ2n) is 3.94. The first-order valence-electron chi connectivity index (χ1n) is 5.97. The summed E-state index contributed by atoms with van der Waals surface area (Å²) >= 11 is 0. The molecule has 1 amide bonds. The van der Waals surface area contributed by atoms with Crippen molar-refractivity contribution in [3.8, 4) is 5.75 Å². The summed E-state index contributed by atoms with van der Waals surface area (Å²) in [6.07, 6.45) is 0.188. The van der Waals surface area contributed by atoms with Gasteiger partial charge in [-0.05, 0) is 24.5 Å². The van der Waals surface area contributed by atoms with E-state index >= 15 is 0 Å². The number of hydrazine groups is 1. The molecule has 0 fully saturated rings. The summed E-state index contributed by atoms with van der Waals surface area (Å²) in [5.74, 6) is 4.58. The summed E-state index contributed by atoms with van der Waals surface area (Å²) in [4.78, 5) is 21.9. The lowest BCUT2D eigenvalue weighted by atomic mass is 10.1. The number of amides is 1. The number of carbonyl (C=O) groups is 1. The molecule has 1 atom stereocenters. The van der Waals surface area contributed by atoms with Crippen molar-refractivity contribution in [2.45, 2.75) is 32.8 Å². The van der Waals surface area contributed by atoms with Crippen molar-refractivity contribution in [3.63, 3.8) is 0 Å². The average molecular weight is 267 g/mol. The first kappa shape index (κ1) is 14.9. The zero-order valence-corrected chi connectivity index (χ0v) is 10.9. The molecule has 0 spiro atoms. The molecule has 19 heavy (non-hydrogen) atoms. The van der Waals surface area contributed by atoms with Crippen LogP contribution in [0.4, 0.5) is 5.69 Å². The summed E-state index contributed by atoms with van der Waals surface area (Å²) in [5, 5.41) is 11.0. The van der Waals surface area contributed by atoms with Crippen LogP contribution in [0.2, 0.25) is 0 Å². The van der Waals surface area contributed by atoms with Gasteiger partial charge in [-0.2, -0.15) is 0 Å². The van der Waals surface area contributed by atoms with Crippen LogP contribution < -0.4 is 16.0 Å². The maximum Gasteiger partial charge on any atom is 0.311 e. The molecule has 1 aromatic rings. The van der Waals surface area contributed by atoms with E-state index in [1.54, 1.807) is 13.0 Å². The van der Waals surface area contributed by atoms with E-state index < -0.39 is 16.9 Å². The van der Waals surface area contributed by atoms with Crippen molar-refractivity contribution in [3.05, 3.63) is 33.9 Å². The fourth-order valence-corrected chi connectivity index (χ4v) is 1.59. The number of nitrogens with zero attached hydrogens (tertiary/aromatic N) is 1. The minimum absolute atomic E-state index is 0.0673. The molecule has 0 radical (unpaired) electrons. The molecule has 0 aliphatic carbocycles. The van der Waals surface area contributed by atoms with Gasteiger partial charge in [-0.3, -0.25) is 20.3 Å². The molecule has 104 valence electrons. The Morgan fingerprint density at radius 2 is 2.21 bits per heavy atom. The number of nitro benzene ring substituents is 1. The third kappa shape index (κ3) is 3.65. The molecule has 0 saturated carbocycles. The van der Waals surface area contributed by atoms with E-state index in [4.69, 9.17) is 10.6 Å². The van der Waals surface area contributed by atoms with Crippen LogP contribution in [0, 0.1) is 10.1 Å². The van der Waals surface area contributed by atoms with E-state index in [1.807, 2.05) is 12.3 Å². The molecular formula is C12H17N3O4. The number of nitrogens with two attached hydrogens (primary N) is 1. The van der Waals surface area contributed by atoms with Gasteiger partial charge in [0.25, 0.3) is 5.91 Å². The molecule has 7 nitrogen and oxygen atoms in total. The number of benzene rings is 1. The van der Waals surface area contributed by atoms with E-state index in [1.165, 1.54) is 12.1 Å². The summed E-state index contributed by atoms with van der Waals surface area (Å²) in [5.41, 5.74) is 2.65. The van der Waals surface area contributed by atoms with Crippen LogP contribution in [-0.4, -0.2) is 16.9 Å². The van der Waals surface area contributed by atoms with Crippen LogP contribution in [0.3, 0.4) is 0 Å².